The lowest BCUT2D eigenvalue weighted by molar-refractivity contribution is 0.203. The summed E-state index contributed by atoms with van der Waals surface area (Å²) in [5.41, 5.74) is 0. The minimum Gasteiger partial charge on any atom is -0.357 e. The number of rotatable bonds is 9. The van der Waals surface area contributed by atoms with Gasteiger partial charge in [0.25, 0.3) is 0 Å². The molecular formula is C20H33FN4O2S. The van der Waals surface area contributed by atoms with Gasteiger partial charge in [-0.15, -0.1) is 0 Å². The first kappa shape index (κ1) is 22.6. The van der Waals surface area contributed by atoms with Crippen molar-refractivity contribution in [3.05, 3.63) is 30.1 Å². The maximum atomic E-state index is 13.8. The molecule has 1 aliphatic heterocycles. The van der Waals surface area contributed by atoms with Crippen LogP contribution in [0.2, 0.25) is 0 Å². The molecule has 0 bridgehead atoms. The van der Waals surface area contributed by atoms with E-state index < -0.39 is 15.7 Å². The summed E-state index contributed by atoms with van der Waals surface area (Å²) in [5.74, 6) is -0.315. The van der Waals surface area contributed by atoms with E-state index in [-0.39, 0.29) is 17.2 Å². The fourth-order valence-electron chi connectivity index (χ4n) is 3.28. The van der Waals surface area contributed by atoms with Crippen molar-refractivity contribution in [2.24, 2.45) is 4.99 Å². The molecule has 0 spiro atoms. The Labute approximate surface area is 168 Å². The van der Waals surface area contributed by atoms with Crippen molar-refractivity contribution in [2.45, 2.75) is 50.5 Å². The maximum Gasteiger partial charge on any atom is 0.191 e. The number of benzene rings is 1. The van der Waals surface area contributed by atoms with Crippen LogP contribution in [0.1, 0.15) is 39.5 Å². The molecule has 0 unspecified atom stereocenters. The van der Waals surface area contributed by atoms with Gasteiger partial charge in [0.2, 0.25) is 0 Å². The summed E-state index contributed by atoms with van der Waals surface area (Å²) in [4.78, 5) is 6.63. The largest absolute Gasteiger partial charge is 0.357 e. The predicted octanol–water partition coefficient (Wildman–Crippen LogP) is 2.42. The number of halogens is 1. The highest BCUT2D eigenvalue weighted by atomic mass is 32.2. The van der Waals surface area contributed by atoms with E-state index in [4.69, 9.17) is 0 Å². The smallest absolute Gasteiger partial charge is 0.191 e. The van der Waals surface area contributed by atoms with Gasteiger partial charge in [0.05, 0.1) is 12.3 Å². The zero-order valence-corrected chi connectivity index (χ0v) is 17.8. The molecule has 6 nitrogen and oxygen atoms in total. The number of unbranched alkanes of at least 4 members (excludes halogenated alkanes) is 1. The number of hydrogen-bond donors (Lipinski definition) is 2. The molecule has 0 aliphatic carbocycles. The van der Waals surface area contributed by atoms with E-state index in [1.807, 2.05) is 6.92 Å². The molecule has 158 valence electrons. The van der Waals surface area contributed by atoms with Crippen molar-refractivity contribution < 1.29 is 12.8 Å². The van der Waals surface area contributed by atoms with Crippen molar-refractivity contribution in [2.75, 3.05) is 38.5 Å². The maximum absolute atomic E-state index is 13.8. The summed E-state index contributed by atoms with van der Waals surface area (Å²) < 4.78 is 38.5. The summed E-state index contributed by atoms with van der Waals surface area (Å²) in [5, 5.41) is 6.58. The van der Waals surface area contributed by atoms with Gasteiger partial charge in [-0.1, -0.05) is 25.5 Å². The fraction of sp³-hybridized carbons (Fsp3) is 0.650. The summed E-state index contributed by atoms with van der Waals surface area (Å²) in [6.45, 7) is 8.26. The van der Waals surface area contributed by atoms with Gasteiger partial charge in [0.15, 0.2) is 15.8 Å². The molecule has 1 aromatic carbocycles. The third-order valence-electron chi connectivity index (χ3n) is 4.90. The lowest BCUT2D eigenvalue weighted by Gasteiger charge is -2.33. The lowest BCUT2D eigenvalue weighted by atomic mass is 10.0. The van der Waals surface area contributed by atoms with Gasteiger partial charge in [-0.2, -0.15) is 0 Å². The van der Waals surface area contributed by atoms with Gasteiger partial charge in [-0.25, -0.2) is 12.8 Å². The van der Waals surface area contributed by atoms with Crippen LogP contribution in [-0.2, 0) is 9.84 Å². The number of guanidine groups is 1. The van der Waals surface area contributed by atoms with E-state index in [2.05, 4.69) is 27.4 Å². The Hall–Kier alpha value is -1.67. The number of hydrogen-bond acceptors (Lipinski definition) is 4. The van der Waals surface area contributed by atoms with Gasteiger partial charge in [-0.05, 0) is 44.9 Å². The van der Waals surface area contributed by atoms with Crippen molar-refractivity contribution in [1.82, 2.24) is 15.5 Å². The molecule has 2 N–H and O–H groups in total. The van der Waals surface area contributed by atoms with Crippen molar-refractivity contribution in [3.63, 3.8) is 0 Å². The van der Waals surface area contributed by atoms with Gasteiger partial charge in [-0.3, -0.25) is 4.99 Å². The fourth-order valence-corrected chi connectivity index (χ4v) is 4.48. The summed E-state index contributed by atoms with van der Waals surface area (Å²) in [6, 6.07) is 5.79. The molecule has 1 aliphatic rings. The monoisotopic (exact) mass is 412 g/mol. The number of aliphatic imine (C=N–C) groups is 1. The van der Waals surface area contributed by atoms with E-state index in [0.29, 0.717) is 18.5 Å². The number of piperidine rings is 1. The van der Waals surface area contributed by atoms with E-state index in [0.717, 1.165) is 38.5 Å². The third kappa shape index (κ3) is 7.05. The Balaban J connectivity index is 1.88. The van der Waals surface area contributed by atoms with Crippen LogP contribution < -0.4 is 10.6 Å². The first-order valence-corrected chi connectivity index (χ1v) is 11.9. The molecule has 1 fully saturated rings. The molecule has 1 saturated heterocycles. The molecule has 1 aromatic rings. The second-order valence-electron chi connectivity index (χ2n) is 7.12. The van der Waals surface area contributed by atoms with Crippen LogP contribution in [0.15, 0.2) is 34.2 Å². The third-order valence-corrected chi connectivity index (χ3v) is 6.62. The summed E-state index contributed by atoms with van der Waals surface area (Å²) in [7, 11) is -3.70. The average Bonchev–Trinajstić information content (AvgIpc) is 2.67. The molecule has 0 aromatic heterocycles. The Kier molecular flexibility index (Phi) is 9.18. The predicted molar refractivity (Wildman–Crippen MR) is 112 cm³/mol. The first-order valence-electron chi connectivity index (χ1n) is 10.2. The number of nitrogens with one attached hydrogen (secondary N) is 2. The van der Waals surface area contributed by atoms with Crippen LogP contribution in [0.4, 0.5) is 4.39 Å². The van der Waals surface area contributed by atoms with E-state index >= 15 is 0 Å². The van der Waals surface area contributed by atoms with Crippen LogP contribution in [0.25, 0.3) is 0 Å². The summed E-state index contributed by atoms with van der Waals surface area (Å²) in [6.07, 6.45) is 4.53. The van der Waals surface area contributed by atoms with Gasteiger partial charge >= 0.3 is 0 Å². The highest BCUT2D eigenvalue weighted by Crippen LogP contribution is 2.15. The number of sulfone groups is 1. The zero-order valence-electron chi connectivity index (χ0n) is 17.0. The molecule has 0 amide bonds. The second kappa shape index (κ2) is 11.4. The molecule has 0 atom stereocenters. The van der Waals surface area contributed by atoms with Crippen LogP contribution in [0, 0.1) is 5.82 Å². The molecular weight excluding hydrogens is 379 g/mol. The van der Waals surface area contributed by atoms with Gasteiger partial charge < -0.3 is 15.5 Å². The van der Waals surface area contributed by atoms with E-state index in [1.165, 1.54) is 31.0 Å². The standard InChI is InChI=1S/C20H33FN4O2S/c1-3-5-13-25-14-10-17(11-15-25)24-20(22-4-2)23-12-16-28(26,27)19-9-7-6-8-18(19)21/h6-9,17H,3-5,10-16H2,1-2H3,(H2,22,23,24). The topological polar surface area (TPSA) is 73.8 Å². The molecule has 1 heterocycles. The van der Waals surface area contributed by atoms with Crippen LogP contribution in [-0.4, -0.2) is 63.8 Å². The van der Waals surface area contributed by atoms with Crippen LogP contribution >= 0.6 is 0 Å². The Morgan fingerprint density at radius 3 is 2.61 bits per heavy atom. The average molecular weight is 413 g/mol. The Bertz CT molecular complexity index is 731. The van der Waals surface area contributed by atoms with Gasteiger partial charge in [0.1, 0.15) is 10.7 Å². The minimum absolute atomic E-state index is 0.0847. The normalized spacial score (nSPS) is 16.9. The SMILES string of the molecule is CCCCN1CCC(NC(=NCCS(=O)(=O)c2ccccc2F)NCC)CC1. The first-order chi connectivity index (χ1) is 13.5. The number of nitrogens with zero attached hydrogens (tertiary/aromatic N) is 2. The lowest BCUT2D eigenvalue weighted by Crippen LogP contribution is -2.48. The zero-order chi connectivity index (χ0) is 20.4. The molecule has 2 rings (SSSR count). The van der Waals surface area contributed by atoms with E-state index in [1.54, 1.807) is 0 Å². The van der Waals surface area contributed by atoms with Crippen molar-refractivity contribution >= 4 is 15.8 Å². The molecule has 0 radical (unpaired) electrons. The second-order valence-corrected chi connectivity index (χ2v) is 9.20. The molecule has 0 saturated carbocycles. The molecule has 8 heteroatoms. The number of likely N-dealkylation sites (tertiary alicyclic amines) is 1. The van der Waals surface area contributed by atoms with Crippen molar-refractivity contribution in [3.8, 4) is 0 Å². The highest BCUT2D eigenvalue weighted by Gasteiger charge is 2.20. The minimum atomic E-state index is -3.70. The quantitative estimate of drug-likeness (QED) is 0.481. The van der Waals surface area contributed by atoms with E-state index in [9.17, 15) is 12.8 Å². The Morgan fingerprint density at radius 2 is 1.96 bits per heavy atom. The van der Waals surface area contributed by atoms with Gasteiger partial charge in [0, 0.05) is 25.7 Å². The Morgan fingerprint density at radius 1 is 1.25 bits per heavy atom. The van der Waals surface area contributed by atoms with Crippen molar-refractivity contribution in [1.29, 1.82) is 0 Å². The highest BCUT2D eigenvalue weighted by molar-refractivity contribution is 7.91. The van der Waals surface area contributed by atoms with Crippen LogP contribution in [0.5, 0.6) is 0 Å². The molecule has 28 heavy (non-hydrogen) atoms. The summed E-state index contributed by atoms with van der Waals surface area (Å²) >= 11 is 0. The van der Waals surface area contributed by atoms with Crippen LogP contribution in [0.3, 0.4) is 0 Å².